The molecule has 0 aliphatic carbocycles. The molecule has 3 aromatic rings. The molecule has 144 valence electrons. The van der Waals surface area contributed by atoms with Gasteiger partial charge in [-0.2, -0.15) is 0 Å². The second-order valence-corrected chi connectivity index (χ2v) is 6.63. The molecule has 0 fully saturated rings. The Morgan fingerprint density at radius 1 is 1.11 bits per heavy atom. The number of hydrogen-bond donors (Lipinski definition) is 3. The highest BCUT2D eigenvalue weighted by Gasteiger charge is 2.19. The van der Waals surface area contributed by atoms with Crippen LogP contribution >= 0.6 is 11.6 Å². The number of carbonyl (C=O) groups excluding carboxylic acids is 3. The van der Waals surface area contributed by atoms with Crippen molar-refractivity contribution >= 4 is 46.1 Å². The van der Waals surface area contributed by atoms with Crippen LogP contribution in [0.4, 0.5) is 10.5 Å². The average Bonchev–Trinajstić information content (AvgIpc) is 2.99. The SMILES string of the molecule is Cc1ccc(NC(=O)NC(=O)COC(=O)c2[nH]c3ccccc3c2Cl)c(C)c1. The van der Waals surface area contributed by atoms with E-state index in [1.807, 2.05) is 26.0 Å². The first-order chi connectivity index (χ1) is 13.3. The lowest BCUT2D eigenvalue weighted by molar-refractivity contribution is -0.123. The minimum absolute atomic E-state index is 0.0513. The number of H-pyrrole nitrogens is 1. The van der Waals surface area contributed by atoms with Crippen LogP contribution in [0.1, 0.15) is 21.6 Å². The maximum absolute atomic E-state index is 12.2. The molecule has 0 radical (unpaired) electrons. The van der Waals surface area contributed by atoms with Crippen molar-refractivity contribution in [3.8, 4) is 0 Å². The highest BCUT2D eigenvalue weighted by Crippen LogP contribution is 2.27. The first-order valence-corrected chi connectivity index (χ1v) is 8.84. The van der Waals surface area contributed by atoms with Crippen molar-refractivity contribution < 1.29 is 19.1 Å². The van der Waals surface area contributed by atoms with Crippen molar-refractivity contribution in [3.63, 3.8) is 0 Å². The summed E-state index contributed by atoms with van der Waals surface area (Å²) in [6.07, 6.45) is 0. The smallest absolute Gasteiger partial charge is 0.356 e. The van der Waals surface area contributed by atoms with Crippen LogP contribution in [0.5, 0.6) is 0 Å². The number of imide groups is 1. The van der Waals surface area contributed by atoms with Crippen molar-refractivity contribution in [3.05, 3.63) is 64.3 Å². The molecular formula is C20H18ClN3O4. The van der Waals surface area contributed by atoms with E-state index in [9.17, 15) is 14.4 Å². The van der Waals surface area contributed by atoms with Gasteiger partial charge in [-0.05, 0) is 31.5 Å². The van der Waals surface area contributed by atoms with Crippen LogP contribution in [0.25, 0.3) is 10.9 Å². The van der Waals surface area contributed by atoms with Gasteiger partial charge in [-0.25, -0.2) is 9.59 Å². The number of esters is 1. The van der Waals surface area contributed by atoms with E-state index in [1.165, 1.54) is 0 Å². The number of nitrogens with one attached hydrogen (secondary N) is 3. The van der Waals surface area contributed by atoms with Gasteiger partial charge in [0.2, 0.25) is 0 Å². The summed E-state index contributed by atoms with van der Waals surface area (Å²) in [5, 5.41) is 5.58. The number of carbonyl (C=O) groups is 3. The molecule has 3 rings (SSSR count). The van der Waals surface area contributed by atoms with Crippen molar-refractivity contribution in [1.82, 2.24) is 10.3 Å². The van der Waals surface area contributed by atoms with Crippen molar-refractivity contribution in [1.29, 1.82) is 0 Å². The summed E-state index contributed by atoms with van der Waals surface area (Å²) >= 11 is 6.17. The summed E-state index contributed by atoms with van der Waals surface area (Å²) < 4.78 is 4.94. The average molecular weight is 400 g/mol. The standard InChI is InChI=1S/C20H18ClN3O4/c1-11-7-8-14(12(2)9-11)23-20(27)24-16(25)10-28-19(26)18-17(21)13-5-3-4-6-15(13)22-18/h3-9,22H,10H2,1-2H3,(H2,23,24,25,27). The number of halogens is 1. The van der Waals surface area contributed by atoms with Crippen molar-refractivity contribution in [2.75, 3.05) is 11.9 Å². The third-order valence-corrected chi connectivity index (χ3v) is 4.46. The Morgan fingerprint density at radius 2 is 1.86 bits per heavy atom. The molecular weight excluding hydrogens is 382 g/mol. The normalized spacial score (nSPS) is 10.5. The van der Waals surface area contributed by atoms with Crippen LogP contribution in [0, 0.1) is 13.8 Å². The number of para-hydroxylation sites is 1. The first-order valence-electron chi connectivity index (χ1n) is 8.46. The topological polar surface area (TPSA) is 100 Å². The molecule has 7 nitrogen and oxygen atoms in total. The van der Waals surface area contributed by atoms with Crippen LogP contribution in [0.15, 0.2) is 42.5 Å². The predicted octanol–water partition coefficient (Wildman–Crippen LogP) is 3.94. The zero-order valence-corrected chi connectivity index (χ0v) is 16.0. The molecule has 8 heteroatoms. The van der Waals surface area contributed by atoms with Crippen LogP contribution in [0.3, 0.4) is 0 Å². The fraction of sp³-hybridized carbons (Fsp3) is 0.150. The van der Waals surface area contributed by atoms with E-state index < -0.39 is 24.5 Å². The Morgan fingerprint density at radius 3 is 2.57 bits per heavy atom. The van der Waals surface area contributed by atoms with E-state index in [4.69, 9.17) is 16.3 Å². The maximum Gasteiger partial charge on any atom is 0.356 e. The first kappa shape index (κ1) is 19.4. The zero-order valence-electron chi connectivity index (χ0n) is 15.3. The Hall–Kier alpha value is -3.32. The van der Waals surface area contributed by atoms with Gasteiger partial charge in [-0.1, -0.05) is 47.5 Å². The highest BCUT2D eigenvalue weighted by atomic mass is 35.5. The molecule has 0 bridgehead atoms. The quantitative estimate of drug-likeness (QED) is 0.578. The van der Waals surface area contributed by atoms with Gasteiger partial charge in [0.05, 0.1) is 5.02 Å². The van der Waals surface area contributed by atoms with E-state index in [-0.39, 0.29) is 10.7 Å². The van der Waals surface area contributed by atoms with Gasteiger partial charge in [0, 0.05) is 16.6 Å². The fourth-order valence-electron chi connectivity index (χ4n) is 2.72. The third-order valence-electron chi connectivity index (χ3n) is 4.06. The number of benzene rings is 2. The second-order valence-electron chi connectivity index (χ2n) is 6.26. The minimum Gasteiger partial charge on any atom is -0.451 e. The number of hydrogen-bond acceptors (Lipinski definition) is 4. The van der Waals surface area contributed by atoms with E-state index in [0.717, 1.165) is 11.1 Å². The molecule has 0 atom stereocenters. The number of aromatic amines is 1. The fourth-order valence-corrected chi connectivity index (χ4v) is 3.01. The van der Waals surface area contributed by atoms with Gasteiger partial charge in [-0.15, -0.1) is 0 Å². The Balaban J connectivity index is 1.55. The number of rotatable bonds is 4. The van der Waals surface area contributed by atoms with Crippen LogP contribution < -0.4 is 10.6 Å². The number of urea groups is 1. The molecule has 0 aliphatic rings. The molecule has 0 aliphatic heterocycles. The summed E-state index contributed by atoms with van der Waals surface area (Å²) in [5.74, 6) is -1.55. The summed E-state index contributed by atoms with van der Waals surface area (Å²) in [5.41, 5.74) is 3.23. The van der Waals surface area contributed by atoms with Crippen molar-refractivity contribution in [2.24, 2.45) is 0 Å². The number of aryl methyl sites for hydroxylation is 2. The molecule has 1 aromatic heterocycles. The minimum atomic E-state index is -0.786. The lowest BCUT2D eigenvalue weighted by atomic mass is 10.1. The van der Waals surface area contributed by atoms with Gasteiger partial charge < -0.3 is 15.0 Å². The van der Waals surface area contributed by atoms with Gasteiger partial charge >= 0.3 is 12.0 Å². The largest absolute Gasteiger partial charge is 0.451 e. The number of anilines is 1. The summed E-state index contributed by atoms with van der Waals surface area (Å²) in [6.45, 7) is 3.16. The Bertz CT molecular complexity index is 1070. The van der Waals surface area contributed by atoms with E-state index in [0.29, 0.717) is 16.6 Å². The molecule has 0 spiro atoms. The molecule has 1 heterocycles. The third kappa shape index (κ3) is 4.32. The van der Waals surface area contributed by atoms with E-state index in [2.05, 4.69) is 15.6 Å². The highest BCUT2D eigenvalue weighted by molar-refractivity contribution is 6.38. The lowest BCUT2D eigenvalue weighted by Crippen LogP contribution is -2.37. The molecule has 2 aromatic carbocycles. The number of aromatic nitrogens is 1. The number of fused-ring (bicyclic) bond motifs is 1. The molecule has 0 saturated heterocycles. The molecule has 0 saturated carbocycles. The molecule has 0 unspecified atom stereocenters. The van der Waals surface area contributed by atoms with Gasteiger partial charge in [-0.3, -0.25) is 10.1 Å². The molecule has 3 N–H and O–H groups in total. The lowest BCUT2D eigenvalue weighted by Gasteiger charge is -2.10. The summed E-state index contributed by atoms with van der Waals surface area (Å²) in [7, 11) is 0. The Kier molecular flexibility index (Phi) is 5.65. The van der Waals surface area contributed by atoms with Gasteiger partial charge in [0.25, 0.3) is 5.91 Å². The molecule has 3 amide bonds. The van der Waals surface area contributed by atoms with Crippen LogP contribution in [-0.4, -0.2) is 29.5 Å². The van der Waals surface area contributed by atoms with Gasteiger partial charge in [0.15, 0.2) is 6.61 Å². The second kappa shape index (κ2) is 8.14. The number of ether oxygens (including phenoxy) is 1. The zero-order chi connectivity index (χ0) is 20.3. The number of amides is 3. The summed E-state index contributed by atoms with van der Waals surface area (Å²) in [6, 6.07) is 11.9. The van der Waals surface area contributed by atoms with E-state index >= 15 is 0 Å². The van der Waals surface area contributed by atoms with E-state index in [1.54, 1.807) is 30.3 Å². The van der Waals surface area contributed by atoms with Crippen molar-refractivity contribution in [2.45, 2.75) is 13.8 Å². The van der Waals surface area contributed by atoms with Gasteiger partial charge in [0.1, 0.15) is 5.69 Å². The Labute approximate surface area is 166 Å². The summed E-state index contributed by atoms with van der Waals surface area (Å²) in [4.78, 5) is 38.8. The predicted molar refractivity (Wildman–Crippen MR) is 107 cm³/mol. The van der Waals surface area contributed by atoms with Crippen LogP contribution in [-0.2, 0) is 9.53 Å². The maximum atomic E-state index is 12.2. The monoisotopic (exact) mass is 399 g/mol. The molecule has 28 heavy (non-hydrogen) atoms. The van der Waals surface area contributed by atoms with Crippen LogP contribution in [0.2, 0.25) is 5.02 Å².